The highest BCUT2D eigenvalue weighted by Gasteiger charge is 2.21. The predicted molar refractivity (Wildman–Crippen MR) is 126 cm³/mol. The van der Waals surface area contributed by atoms with Crippen LogP contribution in [0, 0.1) is 10.1 Å². The first kappa shape index (κ1) is 21.8. The minimum Gasteiger partial charge on any atom is -0.493 e. The third-order valence-corrected chi connectivity index (χ3v) is 5.12. The van der Waals surface area contributed by atoms with Crippen LogP contribution in [0.25, 0.3) is 22.4 Å². The fourth-order valence-electron chi connectivity index (χ4n) is 3.61. The van der Waals surface area contributed by atoms with Crippen LogP contribution in [0.5, 0.6) is 5.75 Å². The third kappa shape index (κ3) is 5.07. The van der Waals surface area contributed by atoms with Crippen molar-refractivity contribution in [2.45, 2.75) is 13.3 Å². The number of para-hydroxylation sites is 2. The molecule has 1 heterocycles. The summed E-state index contributed by atoms with van der Waals surface area (Å²) in [4.78, 5) is 29.8. The predicted octanol–water partition coefficient (Wildman–Crippen LogP) is 5.23. The van der Waals surface area contributed by atoms with Gasteiger partial charge >= 0.3 is 0 Å². The quantitative estimate of drug-likeness (QED) is 0.287. The molecule has 33 heavy (non-hydrogen) atoms. The van der Waals surface area contributed by atoms with Crippen LogP contribution >= 0.6 is 0 Å². The minimum absolute atomic E-state index is 0.126. The molecule has 1 aromatic heterocycles. The van der Waals surface area contributed by atoms with Crippen LogP contribution in [0.15, 0.2) is 79.3 Å². The number of nitrogens with one attached hydrogen (secondary N) is 2. The van der Waals surface area contributed by atoms with E-state index >= 15 is 0 Å². The first-order valence-corrected chi connectivity index (χ1v) is 10.4. The van der Waals surface area contributed by atoms with Gasteiger partial charge in [0, 0.05) is 18.9 Å². The standard InChI is InChI=1S/C25H22N4O4/c1-17(30)28-22-7-4-6-20(25(22)29(31)32)19-11-9-18(10-12-19)13-14-33-24-8-3-2-5-21(24)23-15-26-16-27-23/h2-12,15-16H,13-14H2,1H3,(H,26,27)(H,28,30). The lowest BCUT2D eigenvalue weighted by molar-refractivity contribution is -0.383. The van der Waals surface area contributed by atoms with Crippen LogP contribution in [0.3, 0.4) is 0 Å². The second-order valence-corrected chi connectivity index (χ2v) is 7.40. The van der Waals surface area contributed by atoms with Crippen molar-refractivity contribution in [1.82, 2.24) is 9.97 Å². The Bertz CT molecular complexity index is 1270. The van der Waals surface area contributed by atoms with E-state index in [1.807, 2.05) is 48.5 Å². The molecule has 0 aliphatic rings. The van der Waals surface area contributed by atoms with E-state index in [2.05, 4.69) is 15.3 Å². The number of anilines is 1. The van der Waals surface area contributed by atoms with Gasteiger partial charge < -0.3 is 15.0 Å². The maximum Gasteiger partial charge on any atom is 0.300 e. The number of hydrogen-bond acceptors (Lipinski definition) is 5. The van der Waals surface area contributed by atoms with Crippen molar-refractivity contribution in [2.75, 3.05) is 11.9 Å². The second kappa shape index (κ2) is 9.78. The van der Waals surface area contributed by atoms with Gasteiger partial charge in [-0.3, -0.25) is 14.9 Å². The summed E-state index contributed by atoms with van der Waals surface area (Å²) in [6.45, 7) is 1.79. The summed E-state index contributed by atoms with van der Waals surface area (Å²) >= 11 is 0. The number of imidazole rings is 1. The van der Waals surface area contributed by atoms with Gasteiger partial charge in [0.2, 0.25) is 5.91 Å². The molecular weight excluding hydrogens is 420 g/mol. The molecule has 0 radical (unpaired) electrons. The monoisotopic (exact) mass is 442 g/mol. The Balaban J connectivity index is 1.47. The number of carbonyl (C=O) groups excluding carboxylic acids is 1. The van der Waals surface area contributed by atoms with Crippen LogP contribution in [-0.2, 0) is 11.2 Å². The second-order valence-electron chi connectivity index (χ2n) is 7.40. The maximum absolute atomic E-state index is 11.7. The molecule has 2 N–H and O–H groups in total. The molecule has 0 saturated heterocycles. The molecule has 0 unspecified atom stereocenters. The molecule has 0 aliphatic heterocycles. The van der Waals surface area contributed by atoms with Crippen molar-refractivity contribution in [3.63, 3.8) is 0 Å². The van der Waals surface area contributed by atoms with Crippen molar-refractivity contribution in [3.8, 4) is 28.1 Å². The molecule has 3 aromatic carbocycles. The molecule has 8 heteroatoms. The molecule has 0 fully saturated rings. The molecule has 0 bridgehead atoms. The van der Waals surface area contributed by atoms with Crippen LogP contribution in [0.2, 0.25) is 0 Å². The Morgan fingerprint density at radius 3 is 2.52 bits per heavy atom. The van der Waals surface area contributed by atoms with Gasteiger partial charge in [-0.05, 0) is 35.4 Å². The average Bonchev–Trinajstić information content (AvgIpc) is 3.34. The summed E-state index contributed by atoms with van der Waals surface area (Å²) in [7, 11) is 0. The number of benzene rings is 3. The highest BCUT2D eigenvalue weighted by Crippen LogP contribution is 2.36. The van der Waals surface area contributed by atoms with Crippen LogP contribution in [0.4, 0.5) is 11.4 Å². The van der Waals surface area contributed by atoms with Crippen molar-refractivity contribution >= 4 is 17.3 Å². The number of H-pyrrole nitrogens is 1. The lowest BCUT2D eigenvalue weighted by Crippen LogP contribution is -2.08. The Morgan fingerprint density at radius 2 is 1.82 bits per heavy atom. The zero-order valence-corrected chi connectivity index (χ0v) is 17.9. The number of nitrogens with zero attached hydrogens (tertiary/aromatic N) is 2. The zero-order chi connectivity index (χ0) is 23.2. The fraction of sp³-hybridized carbons (Fsp3) is 0.120. The number of hydrogen-bond donors (Lipinski definition) is 2. The SMILES string of the molecule is CC(=O)Nc1cccc(-c2ccc(CCOc3ccccc3-c3cnc[nH]3)cc2)c1[N+](=O)[O-]. The molecule has 0 aliphatic carbocycles. The van der Waals surface area contributed by atoms with Gasteiger partial charge in [-0.1, -0.05) is 42.5 Å². The number of rotatable bonds is 8. The van der Waals surface area contributed by atoms with Crippen molar-refractivity contribution in [2.24, 2.45) is 0 Å². The average molecular weight is 442 g/mol. The number of ether oxygens (including phenoxy) is 1. The van der Waals surface area contributed by atoms with E-state index in [1.165, 1.54) is 13.0 Å². The van der Waals surface area contributed by atoms with E-state index in [0.29, 0.717) is 24.2 Å². The summed E-state index contributed by atoms with van der Waals surface area (Å²) in [6, 6.07) is 20.2. The Morgan fingerprint density at radius 1 is 1.06 bits per heavy atom. The lowest BCUT2D eigenvalue weighted by Gasteiger charge is -2.11. The minimum atomic E-state index is -0.473. The first-order valence-electron chi connectivity index (χ1n) is 10.4. The van der Waals surface area contributed by atoms with Gasteiger partial charge in [0.15, 0.2) is 0 Å². The Hall–Kier alpha value is -4.46. The largest absolute Gasteiger partial charge is 0.493 e. The van der Waals surface area contributed by atoms with E-state index in [0.717, 1.165) is 22.6 Å². The molecule has 0 spiro atoms. The molecule has 4 aromatic rings. The molecule has 8 nitrogen and oxygen atoms in total. The molecule has 0 saturated carbocycles. The summed E-state index contributed by atoms with van der Waals surface area (Å²) in [5.74, 6) is 0.406. The summed E-state index contributed by atoms with van der Waals surface area (Å²) in [5.41, 5.74) is 4.07. The fourth-order valence-corrected chi connectivity index (χ4v) is 3.61. The highest BCUT2D eigenvalue weighted by atomic mass is 16.6. The number of amides is 1. The van der Waals surface area contributed by atoms with Gasteiger partial charge in [0.05, 0.1) is 35.3 Å². The van der Waals surface area contributed by atoms with Crippen LogP contribution < -0.4 is 10.1 Å². The Kier molecular flexibility index (Phi) is 6.45. The lowest BCUT2D eigenvalue weighted by atomic mass is 10.0. The normalized spacial score (nSPS) is 10.6. The third-order valence-electron chi connectivity index (χ3n) is 5.12. The van der Waals surface area contributed by atoms with E-state index < -0.39 is 4.92 Å². The maximum atomic E-state index is 11.7. The highest BCUT2D eigenvalue weighted by molar-refractivity contribution is 5.94. The van der Waals surface area contributed by atoms with Gasteiger partial charge in [-0.15, -0.1) is 0 Å². The number of aromatic nitrogens is 2. The summed E-state index contributed by atoms with van der Waals surface area (Å²) in [5, 5.41) is 14.2. The number of nitro benzene ring substituents is 1. The molecule has 166 valence electrons. The number of aromatic amines is 1. The van der Waals surface area contributed by atoms with Crippen LogP contribution in [0.1, 0.15) is 12.5 Å². The van der Waals surface area contributed by atoms with Gasteiger partial charge in [-0.2, -0.15) is 0 Å². The van der Waals surface area contributed by atoms with E-state index in [4.69, 9.17) is 4.74 Å². The summed E-state index contributed by atoms with van der Waals surface area (Å²) < 4.78 is 6.01. The van der Waals surface area contributed by atoms with Crippen LogP contribution in [-0.4, -0.2) is 27.4 Å². The number of nitro groups is 1. The van der Waals surface area contributed by atoms with E-state index in [9.17, 15) is 14.9 Å². The van der Waals surface area contributed by atoms with Gasteiger partial charge in [-0.25, -0.2) is 4.98 Å². The van der Waals surface area contributed by atoms with Crippen molar-refractivity contribution in [3.05, 3.63) is 94.9 Å². The van der Waals surface area contributed by atoms with Crippen molar-refractivity contribution < 1.29 is 14.5 Å². The molecule has 0 atom stereocenters. The number of carbonyl (C=O) groups is 1. The summed E-state index contributed by atoms with van der Waals surface area (Å²) in [6.07, 6.45) is 4.05. The smallest absolute Gasteiger partial charge is 0.300 e. The van der Waals surface area contributed by atoms with Gasteiger partial charge in [0.25, 0.3) is 5.69 Å². The molecule has 1 amide bonds. The Labute approximate surface area is 190 Å². The molecule has 4 rings (SSSR count). The van der Waals surface area contributed by atoms with Gasteiger partial charge in [0.1, 0.15) is 11.4 Å². The topological polar surface area (TPSA) is 110 Å². The van der Waals surface area contributed by atoms with Crippen molar-refractivity contribution in [1.29, 1.82) is 0 Å². The van der Waals surface area contributed by atoms with E-state index in [1.54, 1.807) is 24.7 Å². The molecular formula is C25H22N4O4. The first-order chi connectivity index (χ1) is 16.0. The van der Waals surface area contributed by atoms with E-state index in [-0.39, 0.29) is 17.3 Å². The zero-order valence-electron chi connectivity index (χ0n) is 17.9.